The summed E-state index contributed by atoms with van der Waals surface area (Å²) in [6, 6.07) is 72.0. The average Bonchev–Trinajstić information content (AvgIpc) is 3.72. The van der Waals surface area contributed by atoms with Gasteiger partial charge in [0.25, 0.3) is 0 Å². The molecule has 9 aromatic carbocycles. The molecule has 2 nitrogen and oxygen atoms in total. The quantitative estimate of drug-likeness (QED) is 0.181. The highest BCUT2D eigenvalue weighted by molar-refractivity contribution is 6.27. The van der Waals surface area contributed by atoms with Crippen LogP contribution in [-0.2, 0) is 5.41 Å². The minimum Gasteiger partial charge on any atom is -0.310 e. The third kappa shape index (κ3) is 3.67. The summed E-state index contributed by atoms with van der Waals surface area (Å²) in [6.07, 6.45) is 0. The van der Waals surface area contributed by atoms with Gasteiger partial charge in [-0.1, -0.05) is 140 Å². The van der Waals surface area contributed by atoms with Crippen LogP contribution < -0.4 is 4.90 Å². The number of hydrogen-bond acceptors (Lipinski definition) is 1. The molecule has 246 valence electrons. The Kier molecular flexibility index (Phi) is 5.73. The molecule has 0 saturated carbocycles. The molecule has 1 heterocycles. The van der Waals surface area contributed by atoms with Gasteiger partial charge in [0.15, 0.2) is 0 Å². The van der Waals surface area contributed by atoms with Gasteiger partial charge in [-0.15, -0.1) is 0 Å². The molecule has 12 rings (SSSR count). The second-order valence-electron chi connectivity index (χ2n) is 14.4. The number of benzene rings is 9. The van der Waals surface area contributed by atoms with Crippen molar-refractivity contribution >= 4 is 60.4 Å². The van der Waals surface area contributed by atoms with Gasteiger partial charge in [0, 0.05) is 33.2 Å². The topological polar surface area (TPSA) is 8.17 Å². The molecule has 0 saturated heterocycles. The van der Waals surface area contributed by atoms with E-state index in [1.54, 1.807) is 0 Å². The summed E-state index contributed by atoms with van der Waals surface area (Å²) in [5.74, 6) is 0. The lowest BCUT2D eigenvalue weighted by Crippen LogP contribution is -2.31. The Labute approximate surface area is 307 Å². The lowest BCUT2D eigenvalue weighted by molar-refractivity contribution is 0.783. The minimum absolute atomic E-state index is 0.522. The Morgan fingerprint density at radius 2 is 0.943 bits per heavy atom. The first-order valence-electron chi connectivity index (χ1n) is 18.4. The number of fused-ring (bicyclic) bond motifs is 8. The van der Waals surface area contributed by atoms with Crippen molar-refractivity contribution in [1.82, 2.24) is 4.57 Å². The zero-order valence-corrected chi connectivity index (χ0v) is 28.9. The molecule has 53 heavy (non-hydrogen) atoms. The van der Waals surface area contributed by atoms with E-state index in [9.17, 15) is 0 Å². The van der Waals surface area contributed by atoms with E-state index >= 15 is 0 Å². The molecule has 0 fully saturated rings. The summed E-state index contributed by atoms with van der Waals surface area (Å²) in [5, 5.41) is 7.75. The molecular weight excluding hydrogens is 641 g/mol. The molecule has 10 aromatic rings. The van der Waals surface area contributed by atoms with Crippen molar-refractivity contribution in [1.29, 1.82) is 0 Å². The number of para-hydroxylation sites is 2. The molecule has 0 unspecified atom stereocenters. The summed E-state index contributed by atoms with van der Waals surface area (Å²) >= 11 is 0. The molecule has 2 aliphatic carbocycles. The van der Waals surface area contributed by atoms with Crippen LogP contribution in [0, 0.1) is 0 Å². The van der Waals surface area contributed by atoms with Gasteiger partial charge in [0.1, 0.15) is 0 Å². The summed E-state index contributed by atoms with van der Waals surface area (Å²) in [7, 11) is 0. The van der Waals surface area contributed by atoms with Gasteiger partial charge in [-0.2, -0.15) is 0 Å². The standard InChI is InChI=1S/C51H32N2/c1-3-17-35(18-4-1)52(36-19-5-2-6-20-36)37-31-34-29-30-47-50-48(34)44(32-37)51(41-24-11-9-22-39(41)40-23-10-12-25-42(40)51)43-26-14-28-46(49(43)50)53(47)45-27-13-16-33-15-7-8-21-38(33)45/h1-32H. The molecule has 1 aromatic heterocycles. The molecule has 0 N–H and O–H groups in total. The third-order valence-corrected chi connectivity index (χ3v) is 11.9. The maximum Gasteiger partial charge on any atom is 0.0727 e. The fraction of sp³-hybridized carbons (Fsp3) is 0.0196. The fourth-order valence-corrected chi connectivity index (χ4v) is 9.96. The van der Waals surface area contributed by atoms with Crippen LogP contribution in [0.5, 0.6) is 0 Å². The van der Waals surface area contributed by atoms with Crippen LogP contribution in [0.25, 0.3) is 60.2 Å². The van der Waals surface area contributed by atoms with Crippen LogP contribution in [0.2, 0.25) is 0 Å². The molecule has 0 amide bonds. The molecular formula is C51H32N2. The molecule has 0 atom stereocenters. The molecule has 2 heteroatoms. The van der Waals surface area contributed by atoms with E-state index in [0.29, 0.717) is 0 Å². The average molecular weight is 673 g/mol. The highest BCUT2D eigenvalue weighted by Crippen LogP contribution is 2.63. The van der Waals surface area contributed by atoms with Crippen molar-refractivity contribution < 1.29 is 0 Å². The first-order valence-corrected chi connectivity index (χ1v) is 18.4. The normalized spacial score (nSPS) is 13.4. The van der Waals surface area contributed by atoms with E-state index in [2.05, 4.69) is 204 Å². The molecule has 0 radical (unpaired) electrons. The van der Waals surface area contributed by atoms with Crippen molar-refractivity contribution in [3.8, 4) is 16.8 Å². The molecule has 0 aliphatic heterocycles. The Morgan fingerprint density at radius 3 is 1.68 bits per heavy atom. The van der Waals surface area contributed by atoms with Crippen LogP contribution in [0.1, 0.15) is 22.3 Å². The van der Waals surface area contributed by atoms with Gasteiger partial charge in [-0.3, -0.25) is 0 Å². The van der Waals surface area contributed by atoms with E-state index in [1.807, 2.05) is 0 Å². The van der Waals surface area contributed by atoms with Gasteiger partial charge >= 0.3 is 0 Å². The smallest absolute Gasteiger partial charge is 0.0727 e. The monoisotopic (exact) mass is 672 g/mol. The van der Waals surface area contributed by atoms with E-state index < -0.39 is 5.41 Å². The maximum absolute atomic E-state index is 2.53. The highest BCUT2D eigenvalue weighted by atomic mass is 15.1. The summed E-state index contributed by atoms with van der Waals surface area (Å²) in [4.78, 5) is 2.41. The number of nitrogens with zero attached hydrogens (tertiary/aromatic N) is 2. The largest absolute Gasteiger partial charge is 0.310 e. The first-order chi connectivity index (χ1) is 26.3. The number of rotatable bonds is 4. The summed E-state index contributed by atoms with van der Waals surface area (Å²) in [5.41, 5.74) is 14.6. The van der Waals surface area contributed by atoms with Crippen LogP contribution in [0.15, 0.2) is 194 Å². The van der Waals surface area contributed by atoms with E-state index in [0.717, 1.165) is 17.1 Å². The predicted octanol–water partition coefficient (Wildman–Crippen LogP) is 13.2. The second kappa shape index (κ2) is 10.6. The predicted molar refractivity (Wildman–Crippen MR) is 221 cm³/mol. The Balaban J connectivity index is 1.29. The van der Waals surface area contributed by atoms with E-state index in [-0.39, 0.29) is 0 Å². The van der Waals surface area contributed by atoms with E-state index in [1.165, 1.54) is 82.4 Å². The van der Waals surface area contributed by atoms with Crippen LogP contribution in [-0.4, -0.2) is 4.57 Å². The van der Waals surface area contributed by atoms with Crippen molar-refractivity contribution in [3.05, 3.63) is 216 Å². The fourth-order valence-electron chi connectivity index (χ4n) is 9.96. The van der Waals surface area contributed by atoms with Gasteiger partial charge in [0.2, 0.25) is 0 Å². The van der Waals surface area contributed by atoms with Gasteiger partial charge in [0.05, 0.1) is 22.1 Å². The molecule has 0 bridgehead atoms. The van der Waals surface area contributed by atoms with Crippen molar-refractivity contribution in [2.24, 2.45) is 0 Å². The lowest BCUT2D eigenvalue weighted by atomic mass is 9.63. The van der Waals surface area contributed by atoms with Gasteiger partial charge < -0.3 is 9.47 Å². The SMILES string of the molecule is c1ccc(N(c2ccccc2)c2cc3c4c(ccc5c4c4c(cccc4n5-c4cccc5ccccc45)C34c3ccccc3-c3ccccc34)c2)cc1. The van der Waals surface area contributed by atoms with Crippen molar-refractivity contribution in [2.45, 2.75) is 5.41 Å². The van der Waals surface area contributed by atoms with Crippen molar-refractivity contribution in [2.75, 3.05) is 4.90 Å². The first kappa shape index (κ1) is 28.8. The summed E-state index contributed by atoms with van der Waals surface area (Å²) < 4.78 is 2.53. The van der Waals surface area contributed by atoms with Crippen LogP contribution >= 0.6 is 0 Å². The highest BCUT2D eigenvalue weighted by Gasteiger charge is 2.50. The van der Waals surface area contributed by atoms with Crippen LogP contribution in [0.3, 0.4) is 0 Å². The van der Waals surface area contributed by atoms with Crippen LogP contribution in [0.4, 0.5) is 17.1 Å². The van der Waals surface area contributed by atoms with Gasteiger partial charge in [-0.25, -0.2) is 0 Å². The second-order valence-corrected chi connectivity index (χ2v) is 14.4. The maximum atomic E-state index is 2.53. The van der Waals surface area contributed by atoms with Crippen molar-refractivity contribution in [3.63, 3.8) is 0 Å². The minimum atomic E-state index is -0.522. The Morgan fingerprint density at radius 1 is 0.358 bits per heavy atom. The zero-order chi connectivity index (χ0) is 34.7. The van der Waals surface area contributed by atoms with Gasteiger partial charge in [-0.05, 0) is 104 Å². The third-order valence-electron chi connectivity index (χ3n) is 11.9. The number of aromatic nitrogens is 1. The Bertz CT molecular complexity index is 3030. The number of anilines is 3. The zero-order valence-electron chi connectivity index (χ0n) is 28.9. The number of hydrogen-bond donors (Lipinski definition) is 0. The lowest BCUT2D eigenvalue weighted by Gasteiger charge is -2.39. The molecule has 1 spiro atoms. The Hall–Kier alpha value is -6.90. The summed E-state index contributed by atoms with van der Waals surface area (Å²) in [6.45, 7) is 0. The molecule has 2 aliphatic rings. The van der Waals surface area contributed by atoms with E-state index in [4.69, 9.17) is 0 Å².